The molecular weight excluding hydrogens is 326 g/mol. The molecule has 0 fully saturated rings. The van der Waals surface area contributed by atoms with Gasteiger partial charge in [-0.25, -0.2) is 15.8 Å². The Morgan fingerprint density at radius 1 is 1.42 bits per heavy atom. The Bertz CT molecular complexity index is 517. The zero-order valence-corrected chi connectivity index (χ0v) is 13.0. The van der Waals surface area contributed by atoms with E-state index in [2.05, 4.69) is 61.1 Å². The number of nitrogens with one attached hydrogen (secondary N) is 2. The maximum Gasteiger partial charge on any atom is 0.159 e. The molecule has 0 radical (unpaired) electrons. The van der Waals surface area contributed by atoms with Gasteiger partial charge < -0.3 is 10.7 Å². The van der Waals surface area contributed by atoms with Gasteiger partial charge in [-0.1, -0.05) is 19.4 Å². The highest BCUT2D eigenvalue weighted by Crippen LogP contribution is 2.32. The minimum Gasteiger partial charge on any atom is -0.361 e. The molecule has 0 saturated heterocycles. The number of hydrazine groups is 1. The zero-order chi connectivity index (χ0) is 13.7. The van der Waals surface area contributed by atoms with Crippen LogP contribution >= 0.6 is 27.3 Å². The fourth-order valence-corrected chi connectivity index (χ4v) is 3.05. The summed E-state index contributed by atoms with van der Waals surface area (Å²) < 4.78 is 0.746. The van der Waals surface area contributed by atoms with E-state index in [0.29, 0.717) is 5.82 Å². The molecule has 4 N–H and O–H groups in total. The lowest BCUT2D eigenvalue weighted by Gasteiger charge is -2.18. The van der Waals surface area contributed by atoms with Gasteiger partial charge in [0.05, 0.1) is 6.04 Å². The average Bonchev–Trinajstić information content (AvgIpc) is 2.94. The molecule has 0 aromatic carbocycles. The summed E-state index contributed by atoms with van der Waals surface area (Å²) in [6.45, 7) is 2.17. The van der Waals surface area contributed by atoms with E-state index in [-0.39, 0.29) is 6.04 Å². The van der Waals surface area contributed by atoms with Gasteiger partial charge in [0.1, 0.15) is 16.6 Å². The summed E-state index contributed by atoms with van der Waals surface area (Å²) in [4.78, 5) is 9.60. The average molecular weight is 342 g/mol. The maximum absolute atomic E-state index is 5.41. The molecule has 5 nitrogen and oxygen atoms in total. The number of hydrogen-bond acceptors (Lipinski definition) is 6. The van der Waals surface area contributed by atoms with Crippen LogP contribution < -0.4 is 16.6 Å². The van der Waals surface area contributed by atoms with Crippen molar-refractivity contribution in [3.8, 4) is 0 Å². The Kier molecular flexibility index (Phi) is 5.12. The summed E-state index contributed by atoms with van der Waals surface area (Å²) >= 11 is 5.20. The van der Waals surface area contributed by atoms with Crippen LogP contribution in [0.15, 0.2) is 28.3 Å². The van der Waals surface area contributed by atoms with Crippen LogP contribution in [-0.2, 0) is 0 Å². The smallest absolute Gasteiger partial charge is 0.159 e. The zero-order valence-electron chi connectivity index (χ0n) is 10.6. The molecule has 19 heavy (non-hydrogen) atoms. The van der Waals surface area contributed by atoms with E-state index in [1.807, 2.05) is 0 Å². The van der Waals surface area contributed by atoms with Gasteiger partial charge in [0.25, 0.3) is 0 Å². The first-order valence-electron chi connectivity index (χ1n) is 6.03. The number of nitrogens with zero attached hydrogens (tertiary/aromatic N) is 2. The highest BCUT2D eigenvalue weighted by Gasteiger charge is 2.15. The quantitative estimate of drug-likeness (QED) is 0.553. The molecule has 2 aromatic heterocycles. The molecule has 0 bridgehead atoms. The number of halogens is 1. The fraction of sp³-hybridized carbons (Fsp3) is 0.333. The third-order valence-corrected chi connectivity index (χ3v) is 4.44. The summed E-state index contributed by atoms with van der Waals surface area (Å²) in [5.41, 5.74) is 2.54. The lowest BCUT2D eigenvalue weighted by molar-refractivity contribution is 0.684. The van der Waals surface area contributed by atoms with E-state index < -0.39 is 0 Å². The second kappa shape index (κ2) is 6.83. The van der Waals surface area contributed by atoms with Crippen molar-refractivity contribution >= 4 is 38.9 Å². The molecule has 0 aliphatic carbocycles. The van der Waals surface area contributed by atoms with E-state index in [4.69, 9.17) is 5.84 Å². The van der Waals surface area contributed by atoms with Crippen molar-refractivity contribution in [1.82, 2.24) is 9.97 Å². The van der Waals surface area contributed by atoms with Gasteiger partial charge in [0.2, 0.25) is 0 Å². The molecule has 2 heterocycles. The highest BCUT2D eigenvalue weighted by atomic mass is 79.9. The predicted molar refractivity (Wildman–Crippen MR) is 83.1 cm³/mol. The van der Waals surface area contributed by atoms with E-state index in [9.17, 15) is 0 Å². The van der Waals surface area contributed by atoms with Crippen LogP contribution in [-0.4, -0.2) is 9.97 Å². The molecule has 0 aliphatic heterocycles. The van der Waals surface area contributed by atoms with Gasteiger partial charge in [-0.3, -0.25) is 0 Å². The van der Waals surface area contributed by atoms with Gasteiger partial charge in [0, 0.05) is 4.88 Å². The van der Waals surface area contributed by atoms with E-state index >= 15 is 0 Å². The first-order chi connectivity index (χ1) is 9.26. The summed E-state index contributed by atoms with van der Waals surface area (Å²) in [6, 6.07) is 4.45. The van der Waals surface area contributed by atoms with E-state index in [1.54, 1.807) is 11.3 Å². The van der Waals surface area contributed by atoms with Gasteiger partial charge in [-0.2, -0.15) is 0 Å². The molecule has 0 aliphatic rings. The summed E-state index contributed by atoms with van der Waals surface area (Å²) in [6.07, 6.45) is 3.63. The Morgan fingerprint density at radius 2 is 2.21 bits per heavy atom. The molecule has 7 heteroatoms. The number of aromatic nitrogens is 2. The van der Waals surface area contributed by atoms with Crippen molar-refractivity contribution in [2.24, 2.45) is 5.84 Å². The normalized spacial score (nSPS) is 12.2. The molecule has 0 spiro atoms. The van der Waals surface area contributed by atoms with Crippen LogP contribution in [0.2, 0.25) is 0 Å². The molecule has 102 valence electrons. The number of rotatable bonds is 6. The molecule has 2 aromatic rings. The second-order valence-corrected chi connectivity index (χ2v) is 5.80. The number of nitrogens with two attached hydrogens (primary N) is 1. The van der Waals surface area contributed by atoms with Crippen molar-refractivity contribution in [3.63, 3.8) is 0 Å². The lowest BCUT2D eigenvalue weighted by Crippen LogP contribution is -2.14. The minimum atomic E-state index is 0.252. The van der Waals surface area contributed by atoms with Crippen molar-refractivity contribution < 1.29 is 0 Å². The van der Waals surface area contributed by atoms with E-state index in [0.717, 1.165) is 23.1 Å². The molecule has 1 unspecified atom stereocenters. The van der Waals surface area contributed by atoms with Crippen molar-refractivity contribution in [2.45, 2.75) is 25.8 Å². The monoisotopic (exact) mass is 341 g/mol. The van der Waals surface area contributed by atoms with Gasteiger partial charge in [-0.05, 0) is 33.8 Å². The Hall–Kier alpha value is -1.18. The van der Waals surface area contributed by atoms with Crippen LogP contribution in [0.25, 0.3) is 0 Å². The highest BCUT2D eigenvalue weighted by molar-refractivity contribution is 9.10. The Labute approximate surface area is 124 Å². The van der Waals surface area contributed by atoms with Crippen LogP contribution in [0.4, 0.5) is 11.6 Å². The third kappa shape index (κ3) is 3.43. The topological polar surface area (TPSA) is 75.9 Å². The molecular formula is C12H16BrN5S. The third-order valence-electron chi connectivity index (χ3n) is 2.70. The molecule has 1 atom stereocenters. The van der Waals surface area contributed by atoms with Gasteiger partial charge in [0.15, 0.2) is 5.82 Å². The Balaban J connectivity index is 2.22. The number of hydrogen-bond donors (Lipinski definition) is 3. The standard InChI is InChI=1S/C12H16BrN5S/c1-2-4-8(9-5-3-6-19-9)17-11-10(13)12(18-14)16-7-15-11/h3,5-8H,2,4,14H2,1H3,(H2,15,16,17,18). The first kappa shape index (κ1) is 14.2. The first-order valence-corrected chi connectivity index (χ1v) is 7.70. The van der Waals surface area contributed by atoms with Crippen LogP contribution in [0.1, 0.15) is 30.7 Å². The number of anilines is 2. The van der Waals surface area contributed by atoms with E-state index in [1.165, 1.54) is 11.2 Å². The number of nitrogen functional groups attached to an aromatic ring is 1. The van der Waals surface area contributed by atoms with Crippen molar-refractivity contribution in [2.75, 3.05) is 10.7 Å². The second-order valence-electron chi connectivity index (χ2n) is 4.03. The SMILES string of the molecule is CCCC(Nc1ncnc(NN)c1Br)c1cccs1. The summed E-state index contributed by atoms with van der Waals surface area (Å²) in [7, 11) is 0. The molecule has 0 saturated carbocycles. The number of thiophene rings is 1. The van der Waals surface area contributed by atoms with Gasteiger partial charge >= 0.3 is 0 Å². The molecule has 0 amide bonds. The largest absolute Gasteiger partial charge is 0.361 e. The summed E-state index contributed by atoms with van der Waals surface area (Å²) in [5.74, 6) is 6.72. The Morgan fingerprint density at radius 3 is 2.84 bits per heavy atom. The maximum atomic E-state index is 5.41. The fourth-order valence-electron chi connectivity index (χ4n) is 1.80. The van der Waals surface area contributed by atoms with Crippen LogP contribution in [0, 0.1) is 0 Å². The van der Waals surface area contributed by atoms with Crippen molar-refractivity contribution in [1.29, 1.82) is 0 Å². The van der Waals surface area contributed by atoms with Crippen LogP contribution in [0.3, 0.4) is 0 Å². The molecule has 2 rings (SSSR count). The minimum absolute atomic E-state index is 0.252. The predicted octanol–water partition coefficient (Wildman–Crippen LogP) is 3.54. The lowest BCUT2D eigenvalue weighted by atomic mass is 10.1. The summed E-state index contributed by atoms with van der Waals surface area (Å²) in [5, 5.41) is 5.53. The van der Waals surface area contributed by atoms with Crippen LogP contribution in [0.5, 0.6) is 0 Å². The van der Waals surface area contributed by atoms with Crippen molar-refractivity contribution in [3.05, 3.63) is 33.2 Å². The van der Waals surface area contributed by atoms with Gasteiger partial charge in [-0.15, -0.1) is 11.3 Å².